The lowest BCUT2D eigenvalue weighted by molar-refractivity contribution is 0.480. The lowest BCUT2D eigenvalue weighted by Gasteiger charge is -2.08. The maximum absolute atomic E-state index is 6.44. The van der Waals surface area contributed by atoms with E-state index in [0.29, 0.717) is 6.04 Å². The number of rotatable bonds is 3. The van der Waals surface area contributed by atoms with Gasteiger partial charge in [0.2, 0.25) is 0 Å². The molecule has 2 N–H and O–H groups in total. The van der Waals surface area contributed by atoms with Gasteiger partial charge in [-0.2, -0.15) is 0 Å². The second kappa shape index (κ2) is 4.15. The Balaban J connectivity index is 1.71. The molecule has 3 unspecified atom stereocenters. The van der Waals surface area contributed by atoms with Gasteiger partial charge in [0.1, 0.15) is 0 Å². The molecule has 0 aliphatic heterocycles. The van der Waals surface area contributed by atoms with E-state index in [4.69, 9.17) is 5.73 Å². The van der Waals surface area contributed by atoms with Gasteiger partial charge in [-0.1, -0.05) is 19.8 Å². The zero-order valence-corrected chi connectivity index (χ0v) is 10.8. The number of fused-ring (bicyclic) bond motifs is 1. The van der Waals surface area contributed by atoms with Crippen LogP contribution in [0.2, 0.25) is 0 Å². The van der Waals surface area contributed by atoms with Crippen molar-refractivity contribution in [2.75, 3.05) is 0 Å². The first-order valence-corrected chi connectivity index (χ1v) is 7.47. The molecule has 0 radical (unpaired) electrons. The quantitative estimate of drug-likeness (QED) is 0.848. The monoisotopic (exact) mass is 235 g/mol. The van der Waals surface area contributed by atoms with Gasteiger partial charge in [-0.3, -0.25) is 0 Å². The first-order chi connectivity index (χ1) is 7.81. The maximum Gasteiger partial charge on any atom is 0.0424 e. The Labute approximate surface area is 102 Å². The summed E-state index contributed by atoms with van der Waals surface area (Å²) >= 11 is 1.93. The van der Waals surface area contributed by atoms with Gasteiger partial charge in [0, 0.05) is 15.8 Å². The fourth-order valence-electron chi connectivity index (χ4n) is 3.53. The minimum atomic E-state index is 0.332. The van der Waals surface area contributed by atoms with E-state index < -0.39 is 0 Å². The SMILES string of the molecule is CCc1ccc(C(N)C2C3CCCCC32)s1. The van der Waals surface area contributed by atoms with Gasteiger partial charge < -0.3 is 5.73 Å². The number of hydrogen-bond acceptors (Lipinski definition) is 2. The van der Waals surface area contributed by atoms with E-state index in [1.54, 1.807) is 0 Å². The van der Waals surface area contributed by atoms with Crippen molar-refractivity contribution >= 4 is 11.3 Å². The average Bonchev–Trinajstić information content (AvgIpc) is 2.84. The lowest BCUT2D eigenvalue weighted by atomic mass is 10.0. The third kappa shape index (κ3) is 1.72. The molecule has 2 fully saturated rings. The average molecular weight is 235 g/mol. The predicted octanol–water partition coefficient (Wildman–Crippen LogP) is 3.75. The summed E-state index contributed by atoms with van der Waals surface area (Å²) in [5, 5.41) is 0. The van der Waals surface area contributed by atoms with Crippen molar-refractivity contribution < 1.29 is 0 Å². The van der Waals surface area contributed by atoms with Crippen molar-refractivity contribution in [3.05, 3.63) is 21.9 Å². The summed E-state index contributed by atoms with van der Waals surface area (Å²) in [7, 11) is 0. The summed E-state index contributed by atoms with van der Waals surface area (Å²) in [5.41, 5.74) is 6.44. The van der Waals surface area contributed by atoms with Crippen LogP contribution in [0.3, 0.4) is 0 Å². The molecule has 16 heavy (non-hydrogen) atoms. The Kier molecular flexibility index (Phi) is 2.80. The first kappa shape index (κ1) is 10.8. The molecule has 0 saturated heterocycles. The van der Waals surface area contributed by atoms with Gasteiger partial charge >= 0.3 is 0 Å². The van der Waals surface area contributed by atoms with E-state index in [0.717, 1.165) is 24.2 Å². The van der Waals surface area contributed by atoms with Crippen molar-refractivity contribution in [2.24, 2.45) is 23.5 Å². The zero-order chi connectivity index (χ0) is 11.1. The number of nitrogens with two attached hydrogens (primary N) is 1. The molecule has 1 aromatic heterocycles. The summed E-state index contributed by atoms with van der Waals surface area (Å²) in [6.07, 6.45) is 6.91. The summed E-state index contributed by atoms with van der Waals surface area (Å²) in [4.78, 5) is 2.91. The molecule has 2 aliphatic carbocycles. The molecule has 0 aromatic carbocycles. The summed E-state index contributed by atoms with van der Waals surface area (Å²) in [5.74, 6) is 2.75. The van der Waals surface area contributed by atoms with Crippen LogP contribution < -0.4 is 5.73 Å². The highest BCUT2D eigenvalue weighted by Gasteiger charge is 2.53. The van der Waals surface area contributed by atoms with Crippen LogP contribution in [0.4, 0.5) is 0 Å². The summed E-state index contributed by atoms with van der Waals surface area (Å²) in [6.45, 7) is 2.22. The standard InChI is InChI=1S/C14H21NS/c1-2-9-7-8-12(16-9)14(15)13-10-5-3-4-6-11(10)13/h7-8,10-11,13-14H,2-6,15H2,1H3. The minimum Gasteiger partial charge on any atom is -0.323 e. The fraction of sp³-hybridized carbons (Fsp3) is 0.714. The van der Waals surface area contributed by atoms with Crippen LogP contribution in [0.15, 0.2) is 12.1 Å². The molecule has 3 rings (SSSR count). The number of thiophene rings is 1. The smallest absolute Gasteiger partial charge is 0.0424 e. The van der Waals surface area contributed by atoms with Gasteiger partial charge in [-0.25, -0.2) is 0 Å². The van der Waals surface area contributed by atoms with E-state index >= 15 is 0 Å². The second-order valence-corrected chi connectivity index (χ2v) is 6.57. The molecular formula is C14H21NS. The van der Waals surface area contributed by atoms with E-state index in [9.17, 15) is 0 Å². The highest BCUT2D eigenvalue weighted by atomic mass is 32.1. The Bertz CT molecular complexity index is 359. The lowest BCUT2D eigenvalue weighted by Crippen LogP contribution is -2.12. The van der Waals surface area contributed by atoms with Gasteiger partial charge in [0.15, 0.2) is 0 Å². The molecule has 2 heteroatoms. The van der Waals surface area contributed by atoms with Gasteiger partial charge in [0.05, 0.1) is 0 Å². The molecule has 2 aliphatic rings. The molecular weight excluding hydrogens is 214 g/mol. The number of aryl methyl sites for hydroxylation is 1. The van der Waals surface area contributed by atoms with Crippen LogP contribution in [0.1, 0.15) is 48.4 Å². The van der Waals surface area contributed by atoms with Crippen molar-refractivity contribution in [3.63, 3.8) is 0 Å². The largest absolute Gasteiger partial charge is 0.323 e. The van der Waals surface area contributed by atoms with Gasteiger partial charge in [-0.15, -0.1) is 11.3 Å². The van der Waals surface area contributed by atoms with E-state index in [1.165, 1.54) is 35.4 Å². The van der Waals surface area contributed by atoms with Crippen LogP contribution in [-0.4, -0.2) is 0 Å². The zero-order valence-electron chi connectivity index (χ0n) is 9.99. The molecule has 0 amide bonds. The highest BCUT2D eigenvalue weighted by molar-refractivity contribution is 7.12. The molecule has 3 atom stereocenters. The fourth-order valence-corrected chi connectivity index (χ4v) is 4.55. The molecule has 0 bridgehead atoms. The van der Waals surface area contributed by atoms with Crippen molar-refractivity contribution in [2.45, 2.75) is 45.1 Å². The predicted molar refractivity (Wildman–Crippen MR) is 69.6 cm³/mol. The minimum absolute atomic E-state index is 0.332. The van der Waals surface area contributed by atoms with E-state index in [-0.39, 0.29) is 0 Å². The van der Waals surface area contributed by atoms with Crippen LogP contribution in [0, 0.1) is 17.8 Å². The summed E-state index contributed by atoms with van der Waals surface area (Å²) < 4.78 is 0. The van der Waals surface area contributed by atoms with Gasteiger partial charge in [-0.05, 0) is 49.1 Å². The number of hydrogen-bond donors (Lipinski definition) is 1. The first-order valence-electron chi connectivity index (χ1n) is 6.65. The van der Waals surface area contributed by atoms with Crippen molar-refractivity contribution in [1.82, 2.24) is 0 Å². The third-order valence-corrected chi connectivity index (χ3v) is 5.83. The van der Waals surface area contributed by atoms with Gasteiger partial charge in [0.25, 0.3) is 0 Å². The maximum atomic E-state index is 6.44. The van der Waals surface area contributed by atoms with E-state index in [1.807, 2.05) is 11.3 Å². The van der Waals surface area contributed by atoms with Crippen LogP contribution in [-0.2, 0) is 6.42 Å². The molecule has 88 valence electrons. The Hall–Kier alpha value is -0.340. The molecule has 0 spiro atoms. The molecule has 1 nitrogen and oxygen atoms in total. The topological polar surface area (TPSA) is 26.0 Å². The Morgan fingerprint density at radius 2 is 2.00 bits per heavy atom. The van der Waals surface area contributed by atoms with Crippen molar-refractivity contribution in [1.29, 1.82) is 0 Å². The van der Waals surface area contributed by atoms with Crippen LogP contribution >= 0.6 is 11.3 Å². The summed E-state index contributed by atoms with van der Waals surface area (Å²) in [6, 6.07) is 4.85. The molecule has 2 saturated carbocycles. The molecule has 1 heterocycles. The Morgan fingerprint density at radius 1 is 1.31 bits per heavy atom. The molecule has 1 aromatic rings. The van der Waals surface area contributed by atoms with Crippen molar-refractivity contribution in [3.8, 4) is 0 Å². The highest BCUT2D eigenvalue weighted by Crippen LogP contribution is 2.60. The van der Waals surface area contributed by atoms with E-state index in [2.05, 4.69) is 19.1 Å². The third-order valence-electron chi connectivity index (χ3n) is 4.50. The van der Waals surface area contributed by atoms with Crippen LogP contribution in [0.25, 0.3) is 0 Å². The van der Waals surface area contributed by atoms with Crippen LogP contribution in [0.5, 0.6) is 0 Å². The Morgan fingerprint density at radius 3 is 2.56 bits per heavy atom. The second-order valence-electron chi connectivity index (χ2n) is 5.37. The normalized spacial score (nSPS) is 34.5.